The van der Waals surface area contributed by atoms with Gasteiger partial charge in [-0.05, 0) is 38.5 Å². The van der Waals surface area contributed by atoms with Crippen molar-refractivity contribution in [3.8, 4) is 0 Å². The number of hydrogen-bond acceptors (Lipinski definition) is 3. The zero-order valence-corrected chi connectivity index (χ0v) is 11.3. The summed E-state index contributed by atoms with van der Waals surface area (Å²) in [5.74, 6) is 3.82. The molecule has 1 aliphatic heterocycles. The summed E-state index contributed by atoms with van der Waals surface area (Å²) in [7, 11) is 0. The van der Waals surface area contributed by atoms with E-state index in [4.69, 9.17) is 0 Å². The standard InChI is InChI=1S/C14H25N3/c1-4-12-15-9(2)16-14(3,17-12)13-10-6-5-7-11(13)8-10/h10-13,17H,4-8H2,1-3H3,(H,15,16). The van der Waals surface area contributed by atoms with E-state index in [1.807, 2.05) is 0 Å². The highest BCUT2D eigenvalue weighted by molar-refractivity contribution is 5.81. The lowest BCUT2D eigenvalue weighted by atomic mass is 9.53. The Kier molecular flexibility index (Phi) is 2.69. The van der Waals surface area contributed by atoms with E-state index >= 15 is 0 Å². The van der Waals surface area contributed by atoms with Crippen molar-refractivity contribution >= 4 is 5.84 Å². The zero-order valence-electron chi connectivity index (χ0n) is 11.3. The molecule has 96 valence electrons. The summed E-state index contributed by atoms with van der Waals surface area (Å²) < 4.78 is 0. The molecule has 2 fully saturated rings. The minimum absolute atomic E-state index is 0.0838. The topological polar surface area (TPSA) is 36.4 Å². The summed E-state index contributed by atoms with van der Waals surface area (Å²) >= 11 is 0. The molecule has 4 atom stereocenters. The first-order chi connectivity index (χ1) is 8.12. The number of rotatable bonds is 2. The molecule has 0 aromatic rings. The maximum atomic E-state index is 4.63. The van der Waals surface area contributed by atoms with Gasteiger partial charge in [0.2, 0.25) is 0 Å². The van der Waals surface area contributed by atoms with Gasteiger partial charge < -0.3 is 5.32 Å². The van der Waals surface area contributed by atoms with Crippen LogP contribution in [0.2, 0.25) is 0 Å². The summed E-state index contributed by atoms with van der Waals surface area (Å²) in [4.78, 5) is 4.63. The molecule has 0 aromatic heterocycles. The molecule has 3 rings (SSSR count). The van der Waals surface area contributed by atoms with E-state index in [1.165, 1.54) is 25.7 Å². The molecule has 1 heterocycles. The lowest BCUT2D eigenvalue weighted by molar-refractivity contribution is -0.0613. The van der Waals surface area contributed by atoms with Crippen molar-refractivity contribution in [2.75, 3.05) is 0 Å². The second-order valence-corrected chi connectivity index (χ2v) is 6.32. The van der Waals surface area contributed by atoms with Crippen LogP contribution in [0.5, 0.6) is 0 Å². The predicted octanol–water partition coefficient (Wildman–Crippen LogP) is 2.49. The molecule has 0 aromatic carbocycles. The van der Waals surface area contributed by atoms with Gasteiger partial charge in [0.1, 0.15) is 6.17 Å². The van der Waals surface area contributed by atoms with Gasteiger partial charge in [0.15, 0.2) is 0 Å². The molecule has 2 bridgehead atoms. The number of amidine groups is 1. The summed E-state index contributed by atoms with van der Waals surface area (Å²) in [6.07, 6.45) is 7.18. The third kappa shape index (κ3) is 1.79. The second kappa shape index (κ2) is 3.98. The fraction of sp³-hybridized carbons (Fsp3) is 0.929. The Labute approximate surface area is 104 Å². The average molecular weight is 235 g/mol. The highest BCUT2D eigenvalue weighted by Gasteiger charge is 2.53. The first-order valence-electron chi connectivity index (χ1n) is 7.22. The molecular weight excluding hydrogens is 210 g/mol. The van der Waals surface area contributed by atoms with Crippen LogP contribution in [0.4, 0.5) is 0 Å². The molecule has 3 aliphatic rings. The van der Waals surface area contributed by atoms with Crippen molar-refractivity contribution in [3.05, 3.63) is 0 Å². The first kappa shape index (κ1) is 11.5. The van der Waals surface area contributed by atoms with Crippen LogP contribution in [0.15, 0.2) is 4.99 Å². The molecule has 0 spiro atoms. The maximum Gasteiger partial charge on any atom is 0.103 e. The molecule has 2 aliphatic carbocycles. The van der Waals surface area contributed by atoms with E-state index < -0.39 is 0 Å². The molecule has 0 amide bonds. The molecule has 3 nitrogen and oxygen atoms in total. The largest absolute Gasteiger partial charge is 0.356 e. The lowest BCUT2D eigenvalue weighted by Gasteiger charge is -2.59. The molecule has 4 unspecified atom stereocenters. The van der Waals surface area contributed by atoms with Crippen LogP contribution < -0.4 is 10.6 Å². The van der Waals surface area contributed by atoms with Crippen molar-refractivity contribution in [2.24, 2.45) is 22.7 Å². The highest BCUT2D eigenvalue weighted by atomic mass is 15.3. The number of aliphatic imine (C=N–C) groups is 1. The highest BCUT2D eigenvalue weighted by Crippen LogP contribution is 2.54. The molecule has 0 saturated heterocycles. The monoisotopic (exact) mass is 235 g/mol. The van der Waals surface area contributed by atoms with Crippen molar-refractivity contribution < 1.29 is 0 Å². The van der Waals surface area contributed by atoms with Gasteiger partial charge in [-0.2, -0.15) is 0 Å². The fourth-order valence-corrected chi connectivity index (χ4v) is 4.48. The Morgan fingerprint density at radius 2 is 2.06 bits per heavy atom. The lowest BCUT2D eigenvalue weighted by Crippen LogP contribution is -2.71. The van der Waals surface area contributed by atoms with Gasteiger partial charge in [0.05, 0.1) is 11.5 Å². The Hall–Kier alpha value is -0.570. The van der Waals surface area contributed by atoms with E-state index in [0.29, 0.717) is 6.17 Å². The number of nitrogens with one attached hydrogen (secondary N) is 2. The summed E-state index contributed by atoms with van der Waals surface area (Å²) in [5, 5.41) is 7.37. The van der Waals surface area contributed by atoms with Gasteiger partial charge >= 0.3 is 0 Å². The van der Waals surface area contributed by atoms with Crippen molar-refractivity contribution in [3.63, 3.8) is 0 Å². The number of fused-ring (bicyclic) bond motifs is 2. The van der Waals surface area contributed by atoms with E-state index in [2.05, 4.69) is 36.4 Å². The first-order valence-corrected chi connectivity index (χ1v) is 7.22. The van der Waals surface area contributed by atoms with Crippen LogP contribution in [0, 0.1) is 17.8 Å². The SMILES string of the molecule is CCC1N=C(C)NC(C)(C2C3CCCC2C3)N1. The van der Waals surface area contributed by atoms with Crippen LogP contribution >= 0.6 is 0 Å². The molecule has 3 heteroatoms. The average Bonchev–Trinajstić information content (AvgIpc) is 2.27. The summed E-state index contributed by atoms with van der Waals surface area (Å²) in [5.41, 5.74) is 0.0838. The molecular formula is C14H25N3. The number of hydrogen-bond donors (Lipinski definition) is 2. The third-order valence-electron chi connectivity index (χ3n) is 5.08. The zero-order chi connectivity index (χ0) is 12.0. The quantitative estimate of drug-likeness (QED) is 0.771. The second-order valence-electron chi connectivity index (χ2n) is 6.32. The van der Waals surface area contributed by atoms with Crippen molar-refractivity contribution in [1.29, 1.82) is 0 Å². The fourth-order valence-electron chi connectivity index (χ4n) is 4.48. The van der Waals surface area contributed by atoms with E-state index in [0.717, 1.165) is 30.0 Å². The Bertz CT molecular complexity index is 324. The van der Waals surface area contributed by atoms with Gasteiger partial charge in [0.25, 0.3) is 0 Å². The number of nitrogens with zero attached hydrogens (tertiary/aromatic N) is 1. The summed E-state index contributed by atoms with van der Waals surface area (Å²) in [6, 6.07) is 0. The predicted molar refractivity (Wildman–Crippen MR) is 70.8 cm³/mol. The van der Waals surface area contributed by atoms with E-state index in [9.17, 15) is 0 Å². The minimum atomic E-state index is 0.0838. The molecule has 2 saturated carbocycles. The minimum Gasteiger partial charge on any atom is -0.356 e. The van der Waals surface area contributed by atoms with Gasteiger partial charge in [-0.3, -0.25) is 10.3 Å². The Morgan fingerprint density at radius 1 is 1.35 bits per heavy atom. The van der Waals surface area contributed by atoms with Gasteiger partial charge in [-0.25, -0.2) is 0 Å². The van der Waals surface area contributed by atoms with Crippen LogP contribution in [0.1, 0.15) is 52.9 Å². The smallest absolute Gasteiger partial charge is 0.103 e. The van der Waals surface area contributed by atoms with Crippen molar-refractivity contribution in [2.45, 2.75) is 64.7 Å². The van der Waals surface area contributed by atoms with E-state index in [-0.39, 0.29) is 5.66 Å². The van der Waals surface area contributed by atoms with Gasteiger partial charge in [-0.15, -0.1) is 0 Å². The van der Waals surface area contributed by atoms with E-state index in [1.54, 1.807) is 0 Å². The van der Waals surface area contributed by atoms with Gasteiger partial charge in [-0.1, -0.05) is 26.2 Å². The van der Waals surface area contributed by atoms with Crippen LogP contribution in [0.25, 0.3) is 0 Å². The van der Waals surface area contributed by atoms with Gasteiger partial charge in [0, 0.05) is 5.92 Å². The molecule has 0 radical (unpaired) electrons. The van der Waals surface area contributed by atoms with Crippen molar-refractivity contribution in [1.82, 2.24) is 10.6 Å². The third-order valence-corrected chi connectivity index (χ3v) is 5.08. The Morgan fingerprint density at radius 3 is 2.65 bits per heavy atom. The summed E-state index contributed by atoms with van der Waals surface area (Å²) in [6.45, 7) is 6.67. The van der Waals surface area contributed by atoms with Crippen LogP contribution in [-0.2, 0) is 0 Å². The molecule has 2 N–H and O–H groups in total. The molecule has 17 heavy (non-hydrogen) atoms. The Balaban J connectivity index is 1.80. The van der Waals surface area contributed by atoms with Crippen LogP contribution in [0.3, 0.4) is 0 Å². The van der Waals surface area contributed by atoms with Crippen LogP contribution in [-0.4, -0.2) is 17.7 Å². The maximum absolute atomic E-state index is 4.63. The normalized spacial score (nSPS) is 49.0.